The van der Waals surface area contributed by atoms with Crippen molar-refractivity contribution in [1.82, 2.24) is 9.97 Å². The van der Waals surface area contributed by atoms with Crippen LogP contribution in [0.1, 0.15) is 25.7 Å². The smallest absolute Gasteiger partial charge is 0.229 e. The van der Waals surface area contributed by atoms with Crippen LogP contribution in [0.5, 0.6) is 5.88 Å². The predicted octanol–water partition coefficient (Wildman–Crippen LogP) is 3.23. The summed E-state index contributed by atoms with van der Waals surface area (Å²) in [4.78, 5) is 11.0. The van der Waals surface area contributed by atoms with E-state index in [4.69, 9.17) is 0 Å². The van der Waals surface area contributed by atoms with Gasteiger partial charge in [0.05, 0.1) is 5.69 Å². The molecule has 0 amide bonds. The van der Waals surface area contributed by atoms with Gasteiger partial charge < -0.3 is 10.0 Å². The Morgan fingerprint density at radius 1 is 0.900 bits per heavy atom. The number of rotatable bonds is 2. The number of nitrogens with zero attached hydrogens (tertiary/aromatic N) is 3. The van der Waals surface area contributed by atoms with Crippen molar-refractivity contribution >= 4 is 5.95 Å². The van der Waals surface area contributed by atoms with E-state index in [1.807, 2.05) is 30.3 Å². The first-order valence-electron chi connectivity index (χ1n) is 7.21. The molecule has 1 aliphatic rings. The average Bonchev–Trinajstić information content (AvgIpc) is 2.77. The third-order valence-electron chi connectivity index (χ3n) is 3.66. The van der Waals surface area contributed by atoms with Gasteiger partial charge >= 0.3 is 0 Å². The molecule has 2 heterocycles. The molecule has 0 radical (unpaired) electrons. The van der Waals surface area contributed by atoms with Crippen molar-refractivity contribution in [1.29, 1.82) is 0 Å². The summed E-state index contributed by atoms with van der Waals surface area (Å²) in [6.07, 6.45) is 4.86. The van der Waals surface area contributed by atoms with Crippen molar-refractivity contribution in [2.24, 2.45) is 0 Å². The highest BCUT2D eigenvalue weighted by Crippen LogP contribution is 2.24. The molecule has 104 valence electrons. The molecule has 2 aromatic rings. The molecule has 1 fully saturated rings. The zero-order chi connectivity index (χ0) is 13.8. The van der Waals surface area contributed by atoms with Crippen LogP contribution in [0.3, 0.4) is 0 Å². The van der Waals surface area contributed by atoms with E-state index in [2.05, 4.69) is 14.9 Å². The van der Waals surface area contributed by atoms with E-state index >= 15 is 0 Å². The molecule has 0 atom stereocenters. The van der Waals surface area contributed by atoms with E-state index in [9.17, 15) is 5.11 Å². The first kappa shape index (κ1) is 12.9. The van der Waals surface area contributed by atoms with Gasteiger partial charge in [0, 0.05) is 24.7 Å². The second-order valence-electron chi connectivity index (χ2n) is 5.18. The van der Waals surface area contributed by atoms with Crippen molar-refractivity contribution in [2.75, 3.05) is 18.0 Å². The maximum absolute atomic E-state index is 9.88. The van der Waals surface area contributed by atoms with E-state index in [1.165, 1.54) is 25.7 Å². The summed E-state index contributed by atoms with van der Waals surface area (Å²) in [5, 5.41) is 9.88. The fourth-order valence-corrected chi connectivity index (χ4v) is 2.59. The molecule has 0 bridgehead atoms. The third-order valence-corrected chi connectivity index (χ3v) is 3.66. The lowest BCUT2D eigenvalue weighted by Crippen LogP contribution is -2.26. The number of aromatic hydroxyl groups is 1. The third kappa shape index (κ3) is 2.90. The molecule has 0 unspecified atom stereocenters. The Morgan fingerprint density at radius 2 is 1.60 bits per heavy atom. The van der Waals surface area contributed by atoms with E-state index in [1.54, 1.807) is 6.07 Å². The number of benzene rings is 1. The highest BCUT2D eigenvalue weighted by atomic mass is 16.3. The first-order valence-corrected chi connectivity index (χ1v) is 7.21. The molecule has 3 rings (SSSR count). The summed E-state index contributed by atoms with van der Waals surface area (Å²) in [6.45, 7) is 1.94. The largest absolute Gasteiger partial charge is 0.493 e. The van der Waals surface area contributed by atoms with Crippen LogP contribution in [-0.4, -0.2) is 28.2 Å². The van der Waals surface area contributed by atoms with Crippen LogP contribution < -0.4 is 4.90 Å². The van der Waals surface area contributed by atoms with Gasteiger partial charge in [0.25, 0.3) is 0 Å². The molecule has 1 aromatic carbocycles. The molecule has 1 aromatic heterocycles. The monoisotopic (exact) mass is 269 g/mol. The van der Waals surface area contributed by atoms with Crippen molar-refractivity contribution in [3.63, 3.8) is 0 Å². The second-order valence-corrected chi connectivity index (χ2v) is 5.18. The topological polar surface area (TPSA) is 49.3 Å². The van der Waals surface area contributed by atoms with Gasteiger partial charge in [0.2, 0.25) is 11.8 Å². The fourth-order valence-electron chi connectivity index (χ4n) is 2.59. The van der Waals surface area contributed by atoms with Crippen molar-refractivity contribution < 1.29 is 5.11 Å². The highest BCUT2D eigenvalue weighted by molar-refractivity contribution is 5.61. The lowest BCUT2D eigenvalue weighted by atomic mass is 10.1. The Kier molecular flexibility index (Phi) is 3.81. The van der Waals surface area contributed by atoms with Crippen LogP contribution >= 0.6 is 0 Å². The summed E-state index contributed by atoms with van der Waals surface area (Å²) >= 11 is 0. The maximum atomic E-state index is 9.88. The molecule has 0 saturated carbocycles. The van der Waals surface area contributed by atoms with Crippen LogP contribution in [0.4, 0.5) is 5.95 Å². The highest BCUT2D eigenvalue weighted by Gasteiger charge is 2.14. The summed E-state index contributed by atoms with van der Waals surface area (Å²) < 4.78 is 0. The van der Waals surface area contributed by atoms with Gasteiger partial charge in [-0.1, -0.05) is 43.2 Å². The molecule has 4 heteroatoms. The molecule has 1 N–H and O–H groups in total. The van der Waals surface area contributed by atoms with E-state index in [-0.39, 0.29) is 5.88 Å². The van der Waals surface area contributed by atoms with Gasteiger partial charge in [-0.05, 0) is 12.8 Å². The van der Waals surface area contributed by atoms with E-state index < -0.39 is 0 Å². The average molecular weight is 269 g/mol. The van der Waals surface area contributed by atoms with Gasteiger partial charge in [-0.2, -0.15) is 4.98 Å². The maximum Gasteiger partial charge on any atom is 0.229 e. The van der Waals surface area contributed by atoms with Gasteiger partial charge in [0.15, 0.2) is 0 Å². The van der Waals surface area contributed by atoms with E-state index in [0.717, 1.165) is 24.3 Å². The molecule has 0 spiro atoms. The van der Waals surface area contributed by atoms with Crippen molar-refractivity contribution in [3.8, 4) is 17.1 Å². The number of anilines is 1. The molecular weight excluding hydrogens is 250 g/mol. The standard InChI is InChI=1S/C16H19N3O/c20-15-12-14(13-8-4-3-5-9-13)17-16(18-15)19-10-6-1-2-7-11-19/h3-5,8-9,12H,1-2,6-7,10-11H2,(H,17,18,20). The molecule has 4 nitrogen and oxygen atoms in total. The summed E-state index contributed by atoms with van der Waals surface area (Å²) in [5.74, 6) is 0.684. The van der Waals surface area contributed by atoms with Crippen molar-refractivity contribution in [3.05, 3.63) is 36.4 Å². The fraction of sp³-hybridized carbons (Fsp3) is 0.375. The van der Waals surface area contributed by atoms with Gasteiger partial charge in [0.1, 0.15) is 0 Å². The molecular formula is C16H19N3O. The minimum atomic E-state index is 0.0399. The molecule has 1 aliphatic heterocycles. The minimum absolute atomic E-state index is 0.0399. The first-order chi connectivity index (χ1) is 9.83. The number of aromatic nitrogens is 2. The van der Waals surface area contributed by atoms with Crippen LogP contribution in [-0.2, 0) is 0 Å². The van der Waals surface area contributed by atoms with Crippen LogP contribution in [0, 0.1) is 0 Å². The zero-order valence-corrected chi connectivity index (χ0v) is 11.5. The van der Waals surface area contributed by atoms with Crippen molar-refractivity contribution in [2.45, 2.75) is 25.7 Å². The van der Waals surface area contributed by atoms with Gasteiger partial charge in [-0.3, -0.25) is 0 Å². The summed E-state index contributed by atoms with van der Waals surface area (Å²) in [5.41, 5.74) is 1.78. The normalized spacial score (nSPS) is 15.9. The minimum Gasteiger partial charge on any atom is -0.493 e. The Labute approximate surface area is 119 Å². The van der Waals surface area contributed by atoms with Gasteiger partial charge in [-0.25, -0.2) is 4.98 Å². The van der Waals surface area contributed by atoms with E-state index in [0.29, 0.717) is 5.95 Å². The Bertz CT molecular complexity index is 563. The quantitative estimate of drug-likeness (QED) is 0.909. The van der Waals surface area contributed by atoms with Crippen LogP contribution in [0.25, 0.3) is 11.3 Å². The summed E-state index contributed by atoms with van der Waals surface area (Å²) in [6, 6.07) is 11.5. The Hall–Kier alpha value is -2.10. The zero-order valence-electron chi connectivity index (χ0n) is 11.5. The van der Waals surface area contributed by atoms with Gasteiger partial charge in [-0.15, -0.1) is 0 Å². The molecule has 1 saturated heterocycles. The molecule has 20 heavy (non-hydrogen) atoms. The lowest BCUT2D eigenvalue weighted by molar-refractivity contribution is 0.452. The Balaban J connectivity index is 1.94. The van der Waals surface area contributed by atoms with Crippen LogP contribution in [0.2, 0.25) is 0 Å². The Morgan fingerprint density at radius 3 is 2.30 bits per heavy atom. The SMILES string of the molecule is Oc1cc(-c2ccccc2)nc(N2CCCCCC2)n1. The molecule has 0 aliphatic carbocycles. The van der Waals surface area contributed by atoms with Crippen LogP contribution in [0.15, 0.2) is 36.4 Å². The predicted molar refractivity (Wildman–Crippen MR) is 79.8 cm³/mol. The number of hydrogen-bond donors (Lipinski definition) is 1. The summed E-state index contributed by atoms with van der Waals surface area (Å²) in [7, 11) is 0. The number of hydrogen-bond acceptors (Lipinski definition) is 4. The second kappa shape index (κ2) is 5.90. The lowest BCUT2D eigenvalue weighted by Gasteiger charge is -2.20.